The van der Waals surface area contributed by atoms with E-state index in [1.807, 2.05) is 19.1 Å². The zero-order valence-electron chi connectivity index (χ0n) is 11.6. The van der Waals surface area contributed by atoms with Crippen molar-refractivity contribution in [3.05, 3.63) is 29.3 Å². The number of rotatable bonds is 5. The van der Waals surface area contributed by atoms with Crippen molar-refractivity contribution in [1.29, 1.82) is 0 Å². The van der Waals surface area contributed by atoms with Gasteiger partial charge >= 0.3 is 5.97 Å². The summed E-state index contributed by atoms with van der Waals surface area (Å²) in [6.45, 7) is 2.53. The lowest BCUT2D eigenvalue weighted by Crippen LogP contribution is -2.38. The van der Waals surface area contributed by atoms with Crippen LogP contribution in [0, 0.1) is 0 Å². The fraction of sp³-hybridized carbons (Fsp3) is 0.533. The maximum atomic E-state index is 11.3. The highest BCUT2D eigenvalue weighted by Gasteiger charge is 2.21. The molecule has 4 nitrogen and oxygen atoms in total. The van der Waals surface area contributed by atoms with Crippen molar-refractivity contribution < 1.29 is 14.3 Å². The van der Waals surface area contributed by atoms with Crippen molar-refractivity contribution >= 4 is 5.97 Å². The van der Waals surface area contributed by atoms with Gasteiger partial charge in [0, 0.05) is 6.04 Å². The van der Waals surface area contributed by atoms with Gasteiger partial charge in [0.15, 0.2) is 0 Å². The van der Waals surface area contributed by atoms with E-state index in [1.54, 1.807) is 7.11 Å². The van der Waals surface area contributed by atoms with Crippen molar-refractivity contribution in [2.24, 2.45) is 0 Å². The molecule has 0 saturated heterocycles. The van der Waals surface area contributed by atoms with Crippen molar-refractivity contribution in [3.63, 3.8) is 0 Å². The fourth-order valence-electron chi connectivity index (χ4n) is 2.56. The molecule has 0 amide bonds. The predicted octanol–water partition coefficient (Wildman–Crippen LogP) is 1.71. The second kappa shape index (κ2) is 6.57. The van der Waals surface area contributed by atoms with E-state index in [4.69, 9.17) is 9.47 Å². The quantitative estimate of drug-likeness (QED) is 0.822. The number of carbonyl (C=O) groups is 1. The number of aryl methyl sites for hydroxylation is 1. The van der Waals surface area contributed by atoms with Crippen molar-refractivity contribution in [1.82, 2.24) is 5.32 Å². The van der Waals surface area contributed by atoms with E-state index in [-0.39, 0.29) is 12.5 Å². The Bertz CT molecular complexity index is 431. The summed E-state index contributed by atoms with van der Waals surface area (Å²) in [4.78, 5) is 11.3. The second-order valence-electron chi connectivity index (χ2n) is 4.72. The second-order valence-corrected chi connectivity index (χ2v) is 4.72. The Balaban J connectivity index is 1.96. The summed E-state index contributed by atoms with van der Waals surface area (Å²) in [6.07, 6.45) is 2.96. The largest absolute Gasteiger partial charge is 0.496 e. The topological polar surface area (TPSA) is 47.6 Å². The highest BCUT2D eigenvalue weighted by molar-refractivity contribution is 5.71. The fourth-order valence-corrected chi connectivity index (χ4v) is 2.56. The molecule has 0 aromatic heterocycles. The molecule has 0 saturated carbocycles. The third kappa shape index (κ3) is 3.47. The molecule has 0 radical (unpaired) electrons. The molecule has 1 aliphatic carbocycles. The zero-order chi connectivity index (χ0) is 13.7. The van der Waals surface area contributed by atoms with Gasteiger partial charge in [-0.25, -0.2) is 0 Å². The molecule has 0 fully saturated rings. The molecule has 4 heteroatoms. The summed E-state index contributed by atoms with van der Waals surface area (Å²) >= 11 is 0. The Kier molecular flexibility index (Phi) is 4.80. The van der Waals surface area contributed by atoms with Gasteiger partial charge in [0.2, 0.25) is 0 Å². The Labute approximate surface area is 114 Å². The number of benzene rings is 1. The third-order valence-corrected chi connectivity index (χ3v) is 3.50. The molecule has 0 aliphatic heterocycles. The van der Waals surface area contributed by atoms with E-state index in [1.165, 1.54) is 11.1 Å². The third-order valence-electron chi connectivity index (χ3n) is 3.50. The van der Waals surface area contributed by atoms with E-state index < -0.39 is 0 Å². The van der Waals surface area contributed by atoms with Crippen LogP contribution in [-0.2, 0) is 22.4 Å². The highest BCUT2D eigenvalue weighted by Crippen LogP contribution is 2.29. The molecule has 1 atom stereocenters. The minimum Gasteiger partial charge on any atom is -0.496 e. The van der Waals surface area contributed by atoms with Crippen molar-refractivity contribution in [3.8, 4) is 5.75 Å². The van der Waals surface area contributed by atoms with Crippen LogP contribution < -0.4 is 10.1 Å². The number of ether oxygens (including phenoxy) is 2. The first-order chi connectivity index (χ1) is 9.24. The zero-order valence-corrected chi connectivity index (χ0v) is 11.6. The molecular formula is C15H21NO3. The van der Waals surface area contributed by atoms with Crippen LogP contribution in [0.2, 0.25) is 0 Å². The van der Waals surface area contributed by atoms with Crippen LogP contribution >= 0.6 is 0 Å². The average molecular weight is 263 g/mol. The maximum Gasteiger partial charge on any atom is 0.319 e. The van der Waals surface area contributed by atoms with Crippen LogP contribution in [0.5, 0.6) is 5.75 Å². The molecule has 0 heterocycles. The van der Waals surface area contributed by atoms with Gasteiger partial charge in [-0.15, -0.1) is 0 Å². The number of hydrogen-bond donors (Lipinski definition) is 1. The van der Waals surface area contributed by atoms with Gasteiger partial charge in [-0.05, 0) is 43.4 Å². The summed E-state index contributed by atoms with van der Waals surface area (Å²) < 4.78 is 10.3. The monoisotopic (exact) mass is 263 g/mol. The van der Waals surface area contributed by atoms with E-state index in [9.17, 15) is 4.79 Å². The molecule has 1 N–H and O–H groups in total. The first-order valence-corrected chi connectivity index (χ1v) is 6.78. The summed E-state index contributed by atoms with van der Waals surface area (Å²) in [5, 5.41) is 3.27. The van der Waals surface area contributed by atoms with E-state index in [0.29, 0.717) is 12.6 Å². The minimum atomic E-state index is -0.187. The van der Waals surface area contributed by atoms with E-state index >= 15 is 0 Å². The molecule has 19 heavy (non-hydrogen) atoms. The summed E-state index contributed by atoms with van der Waals surface area (Å²) in [6, 6.07) is 6.49. The number of nitrogens with one attached hydrogen (secondary N) is 1. The van der Waals surface area contributed by atoms with Gasteiger partial charge in [-0.3, -0.25) is 4.79 Å². The number of esters is 1. The van der Waals surface area contributed by atoms with E-state index in [2.05, 4.69) is 11.4 Å². The first-order valence-electron chi connectivity index (χ1n) is 6.78. The smallest absolute Gasteiger partial charge is 0.319 e. The van der Waals surface area contributed by atoms with E-state index in [0.717, 1.165) is 25.0 Å². The Morgan fingerprint density at radius 2 is 2.32 bits per heavy atom. The van der Waals surface area contributed by atoms with Gasteiger partial charge in [0.05, 0.1) is 20.3 Å². The Morgan fingerprint density at radius 1 is 1.47 bits per heavy atom. The van der Waals surface area contributed by atoms with Crippen LogP contribution in [0.15, 0.2) is 18.2 Å². The number of carbonyl (C=O) groups excluding carboxylic acids is 1. The molecule has 0 spiro atoms. The standard InChI is InChI=1S/C15H21NO3/c1-3-19-15(17)10-16-12-8-7-11-5-4-6-14(18-2)13(11)9-12/h4-6,12,16H,3,7-10H2,1-2H3. The molecular weight excluding hydrogens is 242 g/mol. The van der Waals surface area contributed by atoms with Crippen LogP contribution in [0.25, 0.3) is 0 Å². The van der Waals surface area contributed by atoms with Crippen LogP contribution in [0.4, 0.5) is 0 Å². The van der Waals surface area contributed by atoms with Crippen molar-refractivity contribution in [2.75, 3.05) is 20.3 Å². The highest BCUT2D eigenvalue weighted by atomic mass is 16.5. The molecule has 1 aromatic carbocycles. The Hall–Kier alpha value is -1.55. The lowest BCUT2D eigenvalue weighted by molar-refractivity contribution is -0.142. The van der Waals surface area contributed by atoms with Crippen LogP contribution in [-0.4, -0.2) is 32.3 Å². The lowest BCUT2D eigenvalue weighted by Gasteiger charge is -2.26. The van der Waals surface area contributed by atoms with Gasteiger partial charge < -0.3 is 14.8 Å². The minimum absolute atomic E-state index is 0.187. The molecule has 2 rings (SSSR count). The summed E-state index contributed by atoms with van der Waals surface area (Å²) in [5.41, 5.74) is 2.62. The molecule has 0 bridgehead atoms. The van der Waals surface area contributed by atoms with Crippen molar-refractivity contribution in [2.45, 2.75) is 32.2 Å². The van der Waals surface area contributed by atoms with Gasteiger partial charge in [0.1, 0.15) is 5.75 Å². The molecule has 104 valence electrons. The first kappa shape index (κ1) is 13.9. The lowest BCUT2D eigenvalue weighted by atomic mass is 9.87. The summed E-state index contributed by atoms with van der Waals surface area (Å²) in [7, 11) is 1.70. The number of fused-ring (bicyclic) bond motifs is 1. The molecule has 1 aromatic rings. The molecule has 1 aliphatic rings. The van der Waals surface area contributed by atoms with Crippen LogP contribution in [0.3, 0.4) is 0 Å². The predicted molar refractivity (Wildman–Crippen MR) is 73.4 cm³/mol. The van der Waals surface area contributed by atoms with Gasteiger partial charge in [-0.1, -0.05) is 12.1 Å². The normalized spacial score (nSPS) is 17.7. The number of methoxy groups -OCH3 is 1. The Morgan fingerprint density at radius 3 is 3.05 bits per heavy atom. The molecule has 1 unspecified atom stereocenters. The van der Waals surface area contributed by atoms with Gasteiger partial charge in [0.25, 0.3) is 0 Å². The van der Waals surface area contributed by atoms with Crippen LogP contribution in [0.1, 0.15) is 24.5 Å². The average Bonchev–Trinajstić information content (AvgIpc) is 2.44. The van der Waals surface area contributed by atoms with Gasteiger partial charge in [-0.2, -0.15) is 0 Å². The number of hydrogen-bond acceptors (Lipinski definition) is 4. The summed E-state index contributed by atoms with van der Waals surface area (Å²) in [5.74, 6) is 0.758. The maximum absolute atomic E-state index is 11.3. The SMILES string of the molecule is CCOC(=O)CNC1CCc2cccc(OC)c2C1.